The molecule has 0 saturated carbocycles. The molecule has 0 spiro atoms. The molecular weight excluding hydrogens is 430 g/mol. The maximum atomic E-state index is 14.0. The summed E-state index contributed by atoms with van der Waals surface area (Å²) in [4.78, 5) is 30.6. The van der Waals surface area contributed by atoms with Crippen molar-refractivity contribution in [2.45, 2.75) is 31.1 Å². The van der Waals surface area contributed by atoms with E-state index in [0.29, 0.717) is 11.3 Å². The zero-order chi connectivity index (χ0) is 23.8. The number of hydrogen-bond acceptors (Lipinski definition) is 5. The van der Waals surface area contributed by atoms with Gasteiger partial charge in [-0.2, -0.15) is 0 Å². The summed E-state index contributed by atoms with van der Waals surface area (Å²) in [5.74, 6) is -2.64. The van der Waals surface area contributed by atoms with Gasteiger partial charge in [0.2, 0.25) is 11.3 Å². The summed E-state index contributed by atoms with van der Waals surface area (Å²) in [6.07, 6.45) is 0. The lowest BCUT2D eigenvalue weighted by molar-refractivity contribution is -0.169. The molecule has 2 atom stereocenters. The van der Waals surface area contributed by atoms with Crippen LogP contribution in [0.2, 0.25) is 0 Å². The van der Waals surface area contributed by atoms with Crippen LogP contribution < -0.4 is 15.8 Å². The third kappa shape index (κ3) is 2.44. The number of fused-ring (bicyclic) bond motifs is 6. The molecule has 7 heteroatoms. The van der Waals surface area contributed by atoms with Crippen molar-refractivity contribution in [1.29, 1.82) is 0 Å². The van der Waals surface area contributed by atoms with E-state index in [4.69, 9.17) is 10.5 Å². The van der Waals surface area contributed by atoms with E-state index in [1.54, 1.807) is 30.3 Å². The minimum atomic E-state index is -2.14. The number of nitrogens with two attached hydrogens (primary N) is 1. The second-order valence-corrected chi connectivity index (χ2v) is 9.23. The molecule has 0 bridgehead atoms. The van der Waals surface area contributed by atoms with Gasteiger partial charge in [-0.15, -0.1) is 0 Å². The minimum absolute atomic E-state index is 0.153. The number of carbonyl (C=O) groups is 2. The molecule has 1 amide bonds. The largest absolute Gasteiger partial charge is 0.454 e. The van der Waals surface area contributed by atoms with Crippen molar-refractivity contribution in [2.75, 3.05) is 5.73 Å². The SMILES string of the molecule is CC(C)c1ccc2c(c1)OC1(O)c3cccc(N)c3C(=O)C21NC(=O)c1cc2ccccc2[nH]1. The van der Waals surface area contributed by atoms with Gasteiger partial charge in [0.25, 0.3) is 11.7 Å². The van der Waals surface area contributed by atoms with E-state index >= 15 is 0 Å². The van der Waals surface area contributed by atoms with E-state index in [2.05, 4.69) is 10.3 Å². The van der Waals surface area contributed by atoms with Gasteiger partial charge < -0.3 is 25.9 Å². The summed E-state index contributed by atoms with van der Waals surface area (Å²) in [7, 11) is 0. The molecule has 2 unspecified atom stereocenters. The molecule has 1 aromatic heterocycles. The van der Waals surface area contributed by atoms with Gasteiger partial charge in [0, 0.05) is 27.7 Å². The summed E-state index contributed by atoms with van der Waals surface area (Å²) in [6, 6.07) is 19.5. The number of amides is 1. The molecule has 0 radical (unpaired) electrons. The highest BCUT2D eigenvalue weighted by molar-refractivity contribution is 6.16. The van der Waals surface area contributed by atoms with Gasteiger partial charge in [0.05, 0.1) is 5.56 Å². The number of hydrogen-bond donors (Lipinski definition) is 4. The minimum Gasteiger partial charge on any atom is -0.454 e. The number of para-hydroxylation sites is 1. The lowest BCUT2D eigenvalue weighted by atomic mass is 9.82. The highest BCUT2D eigenvalue weighted by Crippen LogP contribution is 2.59. The average Bonchev–Trinajstić information content (AvgIpc) is 3.41. The van der Waals surface area contributed by atoms with Gasteiger partial charge in [-0.25, -0.2) is 0 Å². The Morgan fingerprint density at radius 3 is 2.62 bits per heavy atom. The zero-order valence-electron chi connectivity index (χ0n) is 18.7. The molecule has 170 valence electrons. The zero-order valence-corrected chi connectivity index (χ0v) is 18.7. The van der Waals surface area contributed by atoms with Crippen LogP contribution in [0.4, 0.5) is 5.69 Å². The molecule has 6 rings (SSSR count). The normalized spacial score (nSPS) is 22.4. The number of H-pyrrole nitrogens is 1. The first-order valence-corrected chi connectivity index (χ1v) is 11.2. The molecule has 5 N–H and O–H groups in total. The monoisotopic (exact) mass is 453 g/mol. The Kier molecular flexibility index (Phi) is 4.05. The van der Waals surface area contributed by atoms with Crippen LogP contribution in [0.1, 0.15) is 57.3 Å². The van der Waals surface area contributed by atoms with Crippen molar-refractivity contribution < 1.29 is 19.4 Å². The molecule has 4 aromatic rings. The smallest absolute Gasteiger partial charge is 0.271 e. The standard InChI is InChI=1S/C27H23N3O4/c1-14(2)15-10-11-17-22(13-15)34-27(33)18-7-5-8-19(28)23(18)24(31)26(17,27)30-25(32)21-12-16-6-3-4-9-20(16)29-21/h3-14,29,33H,28H2,1-2H3,(H,30,32). The Morgan fingerprint density at radius 1 is 1.06 bits per heavy atom. The van der Waals surface area contributed by atoms with Crippen molar-refractivity contribution in [3.63, 3.8) is 0 Å². The molecule has 2 heterocycles. The van der Waals surface area contributed by atoms with Gasteiger partial charge in [0.15, 0.2) is 0 Å². The fourth-order valence-electron chi connectivity index (χ4n) is 5.18. The Morgan fingerprint density at radius 2 is 1.85 bits per heavy atom. The Labute approximate surface area is 195 Å². The number of nitrogens with one attached hydrogen (secondary N) is 2. The number of aromatic nitrogens is 1. The van der Waals surface area contributed by atoms with Gasteiger partial charge in [-0.3, -0.25) is 9.59 Å². The van der Waals surface area contributed by atoms with Gasteiger partial charge >= 0.3 is 0 Å². The Balaban J connectivity index is 1.55. The Hall–Kier alpha value is -4.10. The number of anilines is 1. The first-order valence-electron chi connectivity index (χ1n) is 11.2. The van der Waals surface area contributed by atoms with E-state index in [-0.39, 0.29) is 28.4 Å². The number of benzene rings is 3. The lowest BCUT2D eigenvalue weighted by Crippen LogP contribution is -2.60. The van der Waals surface area contributed by atoms with E-state index in [1.807, 2.05) is 50.2 Å². The first kappa shape index (κ1) is 20.5. The van der Waals surface area contributed by atoms with E-state index < -0.39 is 23.0 Å². The van der Waals surface area contributed by atoms with E-state index in [0.717, 1.165) is 16.5 Å². The van der Waals surface area contributed by atoms with Crippen LogP contribution in [0.15, 0.2) is 66.7 Å². The summed E-state index contributed by atoms with van der Waals surface area (Å²) >= 11 is 0. The molecule has 3 aromatic carbocycles. The molecule has 0 fully saturated rings. The number of nitrogen functional groups attached to an aromatic ring is 1. The number of aliphatic hydroxyl groups is 1. The first-order chi connectivity index (χ1) is 16.3. The molecular formula is C27H23N3O4. The van der Waals surface area contributed by atoms with Gasteiger partial charge in [-0.1, -0.05) is 56.3 Å². The van der Waals surface area contributed by atoms with Crippen LogP contribution in [-0.4, -0.2) is 21.8 Å². The number of ether oxygens (including phenoxy) is 1. The number of Topliss-reactive ketones (excluding diaryl/α,β-unsaturated/α-hetero) is 1. The quantitative estimate of drug-likeness (QED) is 0.351. The summed E-state index contributed by atoms with van der Waals surface area (Å²) in [6.45, 7) is 4.08. The second kappa shape index (κ2) is 6.71. The molecule has 34 heavy (non-hydrogen) atoms. The summed E-state index contributed by atoms with van der Waals surface area (Å²) in [5.41, 5.74) is 7.30. The van der Waals surface area contributed by atoms with Crippen molar-refractivity contribution in [3.8, 4) is 5.75 Å². The molecule has 1 aliphatic heterocycles. The van der Waals surface area contributed by atoms with E-state index in [1.165, 1.54) is 0 Å². The van der Waals surface area contributed by atoms with Crippen LogP contribution in [0.3, 0.4) is 0 Å². The topological polar surface area (TPSA) is 117 Å². The third-order valence-corrected chi connectivity index (χ3v) is 6.95. The van der Waals surface area contributed by atoms with Crippen molar-refractivity contribution >= 4 is 28.3 Å². The predicted octanol–water partition coefficient (Wildman–Crippen LogP) is 3.93. The molecule has 2 aliphatic rings. The van der Waals surface area contributed by atoms with Crippen LogP contribution in [0, 0.1) is 0 Å². The number of carbonyl (C=O) groups excluding carboxylic acids is 2. The molecule has 0 saturated heterocycles. The fraction of sp³-hybridized carbons (Fsp3) is 0.185. The van der Waals surface area contributed by atoms with Crippen molar-refractivity contribution in [3.05, 3.63) is 94.7 Å². The van der Waals surface area contributed by atoms with Crippen LogP contribution in [0.25, 0.3) is 10.9 Å². The van der Waals surface area contributed by atoms with Crippen molar-refractivity contribution in [2.24, 2.45) is 0 Å². The van der Waals surface area contributed by atoms with E-state index in [9.17, 15) is 14.7 Å². The molecule has 1 aliphatic carbocycles. The summed E-state index contributed by atoms with van der Waals surface area (Å²) in [5, 5.41) is 15.7. The average molecular weight is 453 g/mol. The maximum Gasteiger partial charge on any atom is 0.271 e. The second-order valence-electron chi connectivity index (χ2n) is 9.23. The van der Waals surface area contributed by atoms with Crippen LogP contribution in [-0.2, 0) is 11.3 Å². The summed E-state index contributed by atoms with van der Waals surface area (Å²) < 4.78 is 6.11. The third-order valence-electron chi connectivity index (χ3n) is 6.95. The lowest BCUT2D eigenvalue weighted by Gasteiger charge is -2.34. The maximum absolute atomic E-state index is 14.0. The number of aromatic amines is 1. The Bertz CT molecular complexity index is 1490. The number of rotatable bonds is 3. The van der Waals surface area contributed by atoms with Crippen LogP contribution in [0.5, 0.6) is 5.75 Å². The van der Waals surface area contributed by atoms with Crippen molar-refractivity contribution in [1.82, 2.24) is 10.3 Å². The number of ketones is 1. The fourth-order valence-corrected chi connectivity index (χ4v) is 5.18. The highest BCUT2D eigenvalue weighted by Gasteiger charge is 2.72. The van der Waals surface area contributed by atoms with Gasteiger partial charge in [0.1, 0.15) is 11.4 Å². The molecule has 7 nitrogen and oxygen atoms in total. The predicted molar refractivity (Wildman–Crippen MR) is 128 cm³/mol. The van der Waals surface area contributed by atoms with Crippen LogP contribution >= 0.6 is 0 Å². The highest BCUT2D eigenvalue weighted by atomic mass is 16.6. The van der Waals surface area contributed by atoms with Gasteiger partial charge in [-0.05, 0) is 35.7 Å².